The molecule has 0 amide bonds. The van der Waals surface area contributed by atoms with Gasteiger partial charge in [-0.2, -0.15) is 0 Å². The molecule has 3 heteroatoms. The van der Waals surface area contributed by atoms with Gasteiger partial charge in [0.05, 0.1) is 0 Å². The van der Waals surface area contributed by atoms with Crippen molar-refractivity contribution in [1.82, 2.24) is 9.97 Å². The maximum absolute atomic E-state index is 10.5. The van der Waals surface area contributed by atoms with Gasteiger partial charge in [0.2, 0.25) is 0 Å². The van der Waals surface area contributed by atoms with E-state index in [-0.39, 0.29) is 0 Å². The molecular weight excluding hydrogens is 236 g/mol. The van der Waals surface area contributed by atoms with Gasteiger partial charge in [0.25, 0.3) is 0 Å². The number of hydrogen-bond acceptors (Lipinski definition) is 3. The number of pyridine rings is 2. The van der Waals surface area contributed by atoms with E-state index in [2.05, 4.69) is 9.97 Å². The number of nitrogens with zero attached hydrogens (tertiary/aromatic N) is 2. The molecule has 0 aliphatic heterocycles. The number of aromatic nitrogens is 2. The lowest BCUT2D eigenvalue weighted by atomic mass is 9.98. The summed E-state index contributed by atoms with van der Waals surface area (Å²) < 4.78 is 0. The minimum Gasteiger partial charge on any atom is -0.384 e. The number of aliphatic hydroxyl groups excluding tert-OH is 1. The molecule has 0 fully saturated rings. The van der Waals surface area contributed by atoms with Crippen molar-refractivity contribution in [2.45, 2.75) is 13.0 Å². The second-order valence-electron chi connectivity index (χ2n) is 4.65. The minimum atomic E-state index is -0.703. The van der Waals surface area contributed by atoms with E-state index >= 15 is 0 Å². The van der Waals surface area contributed by atoms with Gasteiger partial charge in [0.15, 0.2) is 0 Å². The van der Waals surface area contributed by atoms with Crippen LogP contribution in [0.1, 0.15) is 22.8 Å². The molecule has 0 aliphatic carbocycles. The van der Waals surface area contributed by atoms with Gasteiger partial charge in [-0.1, -0.05) is 30.3 Å². The van der Waals surface area contributed by atoms with E-state index in [4.69, 9.17) is 0 Å². The number of benzene rings is 1. The zero-order valence-corrected chi connectivity index (χ0v) is 10.6. The zero-order chi connectivity index (χ0) is 13.2. The molecule has 94 valence electrons. The highest BCUT2D eigenvalue weighted by molar-refractivity contribution is 5.85. The fourth-order valence-corrected chi connectivity index (χ4v) is 2.27. The molecule has 2 aromatic heterocycles. The van der Waals surface area contributed by atoms with E-state index in [0.717, 1.165) is 27.5 Å². The van der Waals surface area contributed by atoms with E-state index in [9.17, 15) is 5.11 Å². The molecule has 1 atom stereocenters. The van der Waals surface area contributed by atoms with Crippen LogP contribution in [0.15, 0.2) is 55.1 Å². The summed E-state index contributed by atoms with van der Waals surface area (Å²) >= 11 is 0. The standard InChI is InChI=1S/C16H14N2O/c1-11-6-13(9-17-7-11)16(19)15-10-18-8-12-4-2-3-5-14(12)15/h2-10,16,19H,1H3. The topological polar surface area (TPSA) is 46.0 Å². The average Bonchev–Trinajstić information content (AvgIpc) is 2.46. The largest absolute Gasteiger partial charge is 0.384 e. The lowest BCUT2D eigenvalue weighted by molar-refractivity contribution is 0.221. The SMILES string of the molecule is Cc1cncc(C(O)c2cncc3ccccc23)c1. The quantitative estimate of drug-likeness (QED) is 0.760. The molecule has 0 saturated heterocycles. The first-order chi connectivity index (χ1) is 9.25. The van der Waals surface area contributed by atoms with E-state index in [1.165, 1.54) is 0 Å². The molecule has 3 aromatic rings. The van der Waals surface area contributed by atoms with Gasteiger partial charge in [0.1, 0.15) is 6.10 Å². The highest BCUT2D eigenvalue weighted by Gasteiger charge is 2.14. The summed E-state index contributed by atoms with van der Waals surface area (Å²) in [6.07, 6.45) is 6.29. The Balaban J connectivity index is 2.14. The van der Waals surface area contributed by atoms with E-state index in [1.54, 1.807) is 24.8 Å². The number of aliphatic hydroxyl groups is 1. The highest BCUT2D eigenvalue weighted by atomic mass is 16.3. The molecule has 1 N–H and O–H groups in total. The highest BCUT2D eigenvalue weighted by Crippen LogP contribution is 2.27. The maximum atomic E-state index is 10.5. The van der Waals surface area contributed by atoms with Gasteiger partial charge in [-0.25, -0.2) is 0 Å². The first kappa shape index (κ1) is 11.8. The smallest absolute Gasteiger partial charge is 0.108 e. The second kappa shape index (κ2) is 4.78. The molecule has 0 saturated carbocycles. The third-order valence-corrected chi connectivity index (χ3v) is 3.21. The van der Waals surface area contributed by atoms with Gasteiger partial charge in [0, 0.05) is 41.3 Å². The fraction of sp³-hybridized carbons (Fsp3) is 0.125. The second-order valence-corrected chi connectivity index (χ2v) is 4.65. The number of rotatable bonds is 2. The molecule has 0 bridgehead atoms. The monoisotopic (exact) mass is 250 g/mol. The fourth-order valence-electron chi connectivity index (χ4n) is 2.27. The van der Waals surface area contributed by atoms with Crippen LogP contribution in [0.3, 0.4) is 0 Å². The normalized spacial score (nSPS) is 12.5. The van der Waals surface area contributed by atoms with E-state index in [0.29, 0.717) is 0 Å². The summed E-state index contributed by atoms with van der Waals surface area (Å²) in [6.45, 7) is 1.96. The lowest BCUT2D eigenvalue weighted by Gasteiger charge is -2.13. The maximum Gasteiger partial charge on any atom is 0.108 e. The van der Waals surface area contributed by atoms with Gasteiger partial charge in [-0.3, -0.25) is 9.97 Å². The minimum absolute atomic E-state index is 0.703. The van der Waals surface area contributed by atoms with Crippen LogP contribution in [0.2, 0.25) is 0 Å². The summed E-state index contributed by atoms with van der Waals surface area (Å²) in [7, 11) is 0. The third kappa shape index (κ3) is 2.20. The van der Waals surface area contributed by atoms with Crippen molar-refractivity contribution in [3.8, 4) is 0 Å². The van der Waals surface area contributed by atoms with Crippen molar-refractivity contribution in [2.24, 2.45) is 0 Å². The van der Waals surface area contributed by atoms with Crippen LogP contribution in [0.4, 0.5) is 0 Å². The van der Waals surface area contributed by atoms with Crippen molar-refractivity contribution in [1.29, 1.82) is 0 Å². The van der Waals surface area contributed by atoms with Crippen LogP contribution >= 0.6 is 0 Å². The van der Waals surface area contributed by atoms with Gasteiger partial charge >= 0.3 is 0 Å². The summed E-state index contributed by atoms with van der Waals surface area (Å²) in [4.78, 5) is 8.33. The molecule has 3 nitrogen and oxygen atoms in total. The molecule has 0 spiro atoms. The predicted octanol–water partition coefficient (Wildman–Crippen LogP) is 3.02. The Kier molecular flexibility index (Phi) is 2.97. The lowest BCUT2D eigenvalue weighted by Crippen LogP contribution is -2.02. The molecule has 0 radical (unpaired) electrons. The van der Waals surface area contributed by atoms with Crippen molar-refractivity contribution in [3.05, 3.63) is 71.8 Å². The number of fused-ring (bicyclic) bond motifs is 1. The first-order valence-electron chi connectivity index (χ1n) is 6.18. The summed E-state index contributed by atoms with van der Waals surface area (Å²) in [5, 5.41) is 12.6. The molecule has 19 heavy (non-hydrogen) atoms. The Morgan fingerprint density at radius 3 is 2.63 bits per heavy atom. The number of aryl methyl sites for hydroxylation is 1. The van der Waals surface area contributed by atoms with Crippen molar-refractivity contribution in [2.75, 3.05) is 0 Å². The van der Waals surface area contributed by atoms with Crippen molar-refractivity contribution < 1.29 is 5.11 Å². The summed E-state index contributed by atoms with van der Waals surface area (Å²) in [6, 6.07) is 9.87. The Morgan fingerprint density at radius 2 is 1.79 bits per heavy atom. The van der Waals surface area contributed by atoms with Gasteiger partial charge in [-0.15, -0.1) is 0 Å². The molecule has 1 aromatic carbocycles. The van der Waals surface area contributed by atoms with Crippen LogP contribution in [-0.4, -0.2) is 15.1 Å². The Hall–Kier alpha value is -2.26. The Bertz CT molecular complexity index is 719. The van der Waals surface area contributed by atoms with Crippen LogP contribution in [0, 0.1) is 6.92 Å². The zero-order valence-electron chi connectivity index (χ0n) is 10.6. The first-order valence-corrected chi connectivity index (χ1v) is 6.18. The summed E-state index contributed by atoms with van der Waals surface area (Å²) in [5.74, 6) is 0. The van der Waals surface area contributed by atoms with E-state index < -0.39 is 6.10 Å². The molecule has 3 rings (SSSR count). The van der Waals surface area contributed by atoms with Gasteiger partial charge in [-0.05, 0) is 17.9 Å². The molecular formula is C16H14N2O. The van der Waals surface area contributed by atoms with Crippen LogP contribution in [-0.2, 0) is 0 Å². The Morgan fingerprint density at radius 1 is 1.00 bits per heavy atom. The van der Waals surface area contributed by atoms with Gasteiger partial charge < -0.3 is 5.11 Å². The number of hydrogen-bond donors (Lipinski definition) is 1. The van der Waals surface area contributed by atoms with E-state index in [1.807, 2.05) is 37.3 Å². The third-order valence-electron chi connectivity index (χ3n) is 3.21. The molecule has 0 aliphatic rings. The van der Waals surface area contributed by atoms with Crippen LogP contribution < -0.4 is 0 Å². The predicted molar refractivity (Wildman–Crippen MR) is 74.8 cm³/mol. The molecule has 2 heterocycles. The molecule has 1 unspecified atom stereocenters. The van der Waals surface area contributed by atoms with Crippen molar-refractivity contribution in [3.63, 3.8) is 0 Å². The van der Waals surface area contributed by atoms with Crippen LogP contribution in [0.5, 0.6) is 0 Å². The summed E-state index contributed by atoms with van der Waals surface area (Å²) in [5.41, 5.74) is 2.63. The van der Waals surface area contributed by atoms with Crippen LogP contribution in [0.25, 0.3) is 10.8 Å². The average molecular weight is 250 g/mol. The Labute approximate surface area is 111 Å². The van der Waals surface area contributed by atoms with Crippen molar-refractivity contribution >= 4 is 10.8 Å².